The molecule has 2 rings (SSSR count). The van der Waals surface area contributed by atoms with Crippen molar-refractivity contribution in [1.29, 1.82) is 0 Å². The highest BCUT2D eigenvalue weighted by Crippen LogP contribution is 2.56. The van der Waals surface area contributed by atoms with Crippen molar-refractivity contribution >= 4 is 0 Å². The standard InChI is InChI=1S/C9H14O/c1-6-3-4-9(2)5-7(10)8(6)9/h3,7-8,10H,4-5H2,1-2H3. The van der Waals surface area contributed by atoms with Gasteiger partial charge in [-0.15, -0.1) is 0 Å². The summed E-state index contributed by atoms with van der Waals surface area (Å²) in [5.74, 6) is 0.493. The molecule has 56 valence electrons. The fourth-order valence-electron chi connectivity index (χ4n) is 2.61. The molecule has 0 spiro atoms. The van der Waals surface area contributed by atoms with E-state index in [1.807, 2.05) is 0 Å². The lowest BCUT2D eigenvalue weighted by molar-refractivity contribution is -0.0655. The van der Waals surface area contributed by atoms with E-state index in [9.17, 15) is 5.11 Å². The van der Waals surface area contributed by atoms with Gasteiger partial charge in [-0.2, -0.15) is 0 Å². The van der Waals surface area contributed by atoms with E-state index in [4.69, 9.17) is 0 Å². The fourth-order valence-corrected chi connectivity index (χ4v) is 2.61. The van der Waals surface area contributed by atoms with Crippen LogP contribution in [0.5, 0.6) is 0 Å². The number of hydrogen-bond acceptors (Lipinski definition) is 1. The molecule has 3 atom stereocenters. The number of fused-ring (bicyclic) bond motifs is 1. The van der Waals surface area contributed by atoms with Gasteiger partial charge < -0.3 is 5.11 Å². The summed E-state index contributed by atoms with van der Waals surface area (Å²) in [6.45, 7) is 4.41. The molecule has 0 aromatic carbocycles. The third kappa shape index (κ3) is 0.567. The maximum Gasteiger partial charge on any atom is 0.0616 e. The first-order valence-corrected chi connectivity index (χ1v) is 3.98. The van der Waals surface area contributed by atoms with E-state index in [0.29, 0.717) is 11.3 Å². The summed E-state index contributed by atoms with van der Waals surface area (Å²) in [6.07, 6.45) is 4.43. The average Bonchev–Trinajstić information content (AvgIpc) is 2.03. The Morgan fingerprint density at radius 1 is 1.70 bits per heavy atom. The van der Waals surface area contributed by atoms with Crippen LogP contribution in [0.15, 0.2) is 11.6 Å². The van der Waals surface area contributed by atoms with Crippen LogP contribution in [-0.2, 0) is 0 Å². The lowest BCUT2D eigenvalue weighted by Gasteiger charge is -2.48. The van der Waals surface area contributed by atoms with E-state index in [2.05, 4.69) is 19.9 Å². The second kappa shape index (κ2) is 1.65. The first-order valence-electron chi connectivity index (χ1n) is 3.98. The Kier molecular flexibility index (Phi) is 1.06. The zero-order valence-corrected chi connectivity index (χ0v) is 6.59. The minimum absolute atomic E-state index is 0.0382. The molecular formula is C9H14O. The van der Waals surface area contributed by atoms with Crippen LogP contribution in [0.2, 0.25) is 0 Å². The van der Waals surface area contributed by atoms with Gasteiger partial charge in [-0.1, -0.05) is 18.6 Å². The Morgan fingerprint density at radius 2 is 2.40 bits per heavy atom. The quantitative estimate of drug-likeness (QED) is 0.505. The Hall–Kier alpha value is -0.300. The fraction of sp³-hybridized carbons (Fsp3) is 0.778. The summed E-state index contributed by atoms with van der Waals surface area (Å²) in [5, 5.41) is 9.41. The smallest absolute Gasteiger partial charge is 0.0616 e. The Balaban J connectivity index is 2.24. The number of aliphatic hydroxyl groups excluding tert-OH is 1. The largest absolute Gasteiger partial charge is 0.392 e. The molecule has 2 aliphatic rings. The average molecular weight is 138 g/mol. The molecule has 0 aromatic heterocycles. The zero-order chi connectivity index (χ0) is 7.35. The summed E-state index contributed by atoms with van der Waals surface area (Å²) in [6, 6.07) is 0. The van der Waals surface area contributed by atoms with Crippen LogP contribution in [-0.4, -0.2) is 11.2 Å². The van der Waals surface area contributed by atoms with Crippen LogP contribution in [0.25, 0.3) is 0 Å². The Labute approximate surface area is 61.8 Å². The molecule has 0 bridgehead atoms. The number of rotatable bonds is 0. The molecular weight excluding hydrogens is 124 g/mol. The molecule has 10 heavy (non-hydrogen) atoms. The van der Waals surface area contributed by atoms with Crippen molar-refractivity contribution < 1.29 is 5.11 Å². The molecule has 1 N–H and O–H groups in total. The van der Waals surface area contributed by atoms with Crippen LogP contribution in [0.1, 0.15) is 26.7 Å². The molecule has 1 fully saturated rings. The van der Waals surface area contributed by atoms with Gasteiger partial charge in [0.25, 0.3) is 0 Å². The number of aliphatic hydroxyl groups is 1. The predicted molar refractivity (Wildman–Crippen MR) is 40.6 cm³/mol. The highest BCUT2D eigenvalue weighted by Gasteiger charge is 2.52. The van der Waals surface area contributed by atoms with Crippen molar-refractivity contribution in [2.24, 2.45) is 11.3 Å². The summed E-state index contributed by atoms with van der Waals surface area (Å²) in [5.41, 5.74) is 1.84. The Bertz CT molecular complexity index is 195. The zero-order valence-electron chi connectivity index (χ0n) is 6.59. The summed E-state index contributed by atoms with van der Waals surface area (Å²) in [7, 11) is 0. The molecule has 0 radical (unpaired) electrons. The lowest BCUT2D eigenvalue weighted by Crippen LogP contribution is -2.47. The van der Waals surface area contributed by atoms with Gasteiger partial charge in [-0.05, 0) is 25.2 Å². The molecule has 1 saturated carbocycles. The molecule has 1 nitrogen and oxygen atoms in total. The van der Waals surface area contributed by atoms with Crippen LogP contribution in [0.4, 0.5) is 0 Å². The van der Waals surface area contributed by atoms with Gasteiger partial charge >= 0.3 is 0 Å². The topological polar surface area (TPSA) is 20.2 Å². The first kappa shape index (κ1) is 6.41. The van der Waals surface area contributed by atoms with Gasteiger partial charge in [-0.25, -0.2) is 0 Å². The van der Waals surface area contributed by atoms with E-state index in [0.717, 1.165) is 6.42 Å². The van der Waals surface area contributed by atoms with Crippen LogP contribution >= 0.6 is 0 Å². The molecule has 0 aromatic rings. The molecule has 2 aliphatic carbocycles. The molecule has 1 heteroatoms. The van der Waals surface area contributed by atoms with Gasteiger partial charge in [0, 0.05) is 5.92 Å². The second-order valence-electron chi connectivity index (χ2n) is 4.06. The van der Waals surface area contributed by atoms with E-state index in [1.165, 1.54) is 12.0 Å². The minimum Gasteiger partial charge on any atom is -0.392 e. The molecule has 3 unspecified atom stereocenters. The third-order valence-electron chi connectivity index (χ3n) is 3.19. The van der Waals surface area contributed by atoms with Crippen LogP contribution < -0.4 is 0 Å². The second-order valence-corrected chi connectivity index (χ2v) is 4.06. The maximum atomic E-state index is 9.41. The van der Waals surface area contributed by atoms with Crippen molar-refractivity contribution in [1.82, 2.24) is 0 Å². The molecule has 0 aliphatic heterocycles. The molecule has 0 amide bonds. The van der Waals surface area contributed by atoms with Gasteiger partial charge in [0.2, 0.25) is 0 Å². The number of hydrogen-bond donors (Lipinski definition) is 1. The third-order valence-corrected chi connectivity index (χ3v) is 3.19. The lowest BCUT2D eigenvalue weighted by atomic mass is 9.59. The monoisotopic (exact) mass is 138 g/mol. The van der Waals surface area contributed by atoms with Gasteiger partial charge in [0.15, 0.2) is 0 Å². The van der Waals surface area contributed by atoms with Gasteiger partial charge in [-0.3, -0.25) is 0 Å². The van der Waals surface area contributed by atoms with Crippen LogP contribution in [0, 0.1) is 11.3 Å². The minimum atomic E-state index is -0.0382. The Morgan fingerprint density at radius 3 is 2.80 bits per heavy atom. The summed E-state index contributed by atoms with van der Waals surface area (Å²) in [4.78, 5) is 0. The number of allylic oxidation sites excluding steroid dienone is 1. The first-order chi connectivity index (χ1) is 4.63. The molecule has 0 saturated heterocycles. The van der Waals surface area contributed by atoms with E-state index in [1.54, 1.807) is 0 Å². The van der Waals surface area contributed by atoms with Crippen molar-refractivity contribution in [3.63, 3.8) is 0 Å². The van der Waals surface area contributed by atoms with Crippen molar-refractivity contribution in [2.75, 3.05) is 0 Å². The molecule has 0 heterocycles. The van der Waals surface area contributed by atoms with Gasteiger partial charge in [0.05, 0.1) is 6.10 Å². The van der Waals surface area contributed by atoms with E-state index < -0.39 is 0 Å². The predicted octanol–water partition coefficient (Wildman–Crippen LogP) is 1.72. The SMILES string of the molecule is CC1=CCC2(C)CC(O)C12. The van der Waals surface area contributed by atoms with Crippen molar-refractivity contribution in [3.05, 3.63) is 11.6 Å². The van der Waals surface area contributed by atoms with E-state index >= 15 is 0 Å². The highest BCUT2D eigenvalue weighted by molar-refractivity contribution is 5.24. The van der Waals surface area contributed by atoms with Crippen LogP contribution in [0.3, 0.4) is 0 Å². The summed E-state index contributed by atoms with van der Waals surface area (Å²) >= 11 is 0. The van der Waals surface area contributed by atoms with Crippen molar-refractivity contribution in [3.8, 4) is 0 Å². The highest BCUT2D eigenvalue weighted by atomic mass is 16.3. The maximum absolute atomic E-state index is 9.41. The summed E-state index contributed by atoms with van der Waals surface area (Å²) < 4.78 is 0. The van der Waals surface area contributed by atoms with E-state index in [-0.39, 0.29) is 6.10 Å². The normalized spacial score (nSPS) is 51.7. The van der Waals surface area contributed by atoms with Gasteiger partial charge in [0.1, 0.15) is 0 Å². The van der Waals surface area contributed by atoms with Crippen molar-refractivity contribution in [2.45, 2.75) is 32.8 Å².